The van der Waals surface area contributed by atoms with Crippen LogP contribution in [0.4, 0.5) is 0 Å². The number of carbonyl (C=O) groups is 1. The smallest absolute Gasteiger partial charge is 0.246 e. The van der Waals surface area contributed by atoms with Crippen molar-refractivity contribution < 1.29 is 14.6 Å². The van der Waals surface area contributed by atoms with Gasteiger partial charge in [0, 0.05) is 11.1 Å². The molecule has 3 aromatic rings. The number of aromatic nitrogens is 2. The van der Waals surface area contributed by atoms with Gasteiger partial charge in [-0.2, -0.15) is 5.26 Å². The molecule has 1 atom stereocenters. The summed E-state index contributed by atoms with van der Waals surface area (Å²) in [6.07, 6.45) is 1.58. The van der Waals surface area contributed by atoms with Crippen molar-refractivity contribution in [3.05, 3.63) is 53.1 Å². The number of aliphatic hydroxyl groups is 1. The first kappa shape index (κ1) is 21.0. The first-order chi connectivity index (χ1) is 15.0. The van der Waals surface area contributed by atoms with Crippen LogP contribution in [0.3, 0.4) is 0 Å². The Morgan fingerprint density at radius 1 is 1.32 bits per heavy atom. The number of carbonyl (C=O) groups excluding carboxylic acids is 1. The maximum absolute atomic E-state index is 11.6. The van der Waals surface area contributed by atoms with Crippen LogP contribution in [0.25, 0.3) is 21.1 Å². The molecule has 1 amide bonds. The number of hydrogen-bond acceptors (Lipinski definition) is 7. The lowest BCUT2D eigenvalue weighted by atomic mass is 10.0. The molecule has 0 saturated carbocycles. The number of benzene rings is 2. The van der Waals surface area contributed by atoms with E-state index in [2.05, 4.69) is 21.6 Å². The number of aliphatic hydroxyl groups excluding tert-OH is 1. The molecular weight excluding hydrogens is 412 g/mol. The largest absolute Gasteiger partial charge is 0.490 e. The number of hydrogen-bond donors (Lipinski definition) is 2. The van der Waals surface area contributed by atoms with Gasteiger partial charge in [-0.05, 0) is 56.0 Å². The lowest BCUT2D eigenvalue weighted by Crippen LogP contribution is -2.29. The van der Waals surface area contributed by atoms with Crippen LogP contribution in [0.5, 0.6) is 5.75 Å². The van der Waals surface area contributed by atoms with E-state index in [9.17, 15) is 10.1 Å². The minimum atomic E-state index is -0.517. The Morgan fingerprint density at radius 3 is 2.87 bits per heavy atom. The highest BCUT2D eigenvalue weighted by molar-refractivity contribution is 7.17. The third-order valence-corrected chi connectivity index (χ3v) is 6.12. The summed E-state index contributed by atoms with van der Waals surface area (Å²) in [5, 5.41) is 31.6. The van der Waals surface area contributed by atoms with E-state index in [1.807, 2.05) is 38.1 Å². The Kier molecular flexibility index (Phi) is 5.98. The quantitative estimate of drug-likeness (QED) is 0.613. The first-order valence-electron chi connectivity index (χ1n) is 10.1. The van der Waals surface area contributed by atoms with Crippen LogP contribution < -0.4 is 10.1 Å². The molecule has 8 heteroatoms. The average Bonchev–Trinajstić information content (AvgIpc) is 3.41. The Balaban J connectivity index is 1.64. The lowest BCUT2D eigenvalue weighted by Gasteiger charge is -2.13. The molecule has 2 N–H and O–H groups in total. The second-order valence-electron chi connectivity index (χ2n) is 7.59. The average molecular weight is 435 g/mol. The summed E-state index contributed by atoms with van der Waals surface area (Å²) in [6.45, 7) is 3.32. The van der Waals surface area contributed by atoms with Gasteiger partial charge in [0.1, 0.15) is 28.4 Å². The van der Waals surface area contributed by atoms with Gasteiger partial charge in [0.05, 0.1) is 17.7 Å². The molecule has 0 aliphatic heterocycles. The van der Waals surface area contributed by atoms with Gasteiger partial charge in [0.25, 0.3) is 0 Å². The molecule has 0 radical (unpaired) electrons. The number of amides is 1. The van der Waals surface area contributed by atoms with E-state index in [0.717, 1.165) is 45.1 Å². The highest BCUT2D eigenvalue weighted by atomic mass is 32.1. The zero-order chi connectivity index (χ0) is 22.0. The summed E-state index contributed by atoms with van der Waals surface area (Å²) in [7, 11) is 0. The molecule has 0 spiro atoms. The van der Waals surface area contributed by atoms with Crippen molar-refractivity contribution in [1.29, 1.82) is 5.26 Å². The van der Waals surface area contributed by atoms with E-state index in [0.29, 0.717) is 11.3 Å². The number of fused-ring (bicyclic) bond motifs is 1. The number of rotatable bonds is 6. The van der Waals surface area contributed by atoms with Crippen molar-refractivity contribution in [3.63, 3.8) is 0 Å². The minimum Gasteiger partial charge on any atom is -0.490 e. The van der Waals surface area contributed by atoms with Gasteiger partial charge in [-0.25, -0.2) is 0 Å². The van der Waals surface area contributed by atoms with Crippen molar-refractivity contribution in [3.8, 4) is 33.0 Å². The van der Waals surface area contributed by atoms with Gasteiger partial charge in [-0.3, -0.25) is 4.79 Å². The third-order valence-electron chi connectivity index (χ3n) is 5.11. The first-order valence-corrected chi connectivity index (χ1v) is 10.9. The predicted molar refractivity (Wildman–Crippen MR) is 118 cm³/mol. The highest BCUT2D eigenvalue weighted by Gasteiger charge is 2.27. The molecule has 0 saturated heterocycles. The van der Waals surface area contributed by atoms with Gasteiger partial charge in [0.15, 0.2) is 0 Å². The fraction of sp³-hybridized carbons (Fsp3) is 0.304. The van der Waals surface area contributed by atoms with Crippen molar-refractivity contribution in [2.24, 2.45) is 0 Å². The molecule has 31 heavy (non-hydrogen) atoms. The molecule has 1 aliphatic rings. The van der Waals surface area contributed by atoms with Crippen LogP contribution in [0.15, 0.2) is 36.4 Å². The van der Waals surface area contributed by atoms with E-state index in [-0.39, 0.29) is 18.1 Å². The number of nitrogens with one attached hydrogen (secondary N) is 1. The molecule has 0 fully saturated rings. The number of ether oxygens (including phenoxy) is 1. The minimum absolute atomic E-state index is 0.0164. The van der Waals surface area contributed by atoms with Crippen molar-refractivity contribution in [2.75, 3.05) is 6.61 Å². The molecule has 0 unspecified atom stereocenters. The fourth-order valence-corrected chi connectivity index (χ4v) is 4.69. The van der Waals surface area contributed by atoms with E-state index < -0.39 is 6.61 Å². The standard InChI is InChI=1S/C23H22N4O3S/c1-13(2)30-20-9-6-14(10-15(20)11-24)22-26-27-23(31-22)18-5-3-4-17-16(18)7-8-19(17)25-21(29)12-28/h3-6,9-10,13,19,28H,7-8,12H2,1-2H3,(H,25,29)/t19-/m0/s1. The van der Waals surface area contributed by atoms with Gasteiger partial charge in [-0.15, -0.1) is 10.2 Å². The maximum atomic E-state index is 11.6. The monoisotopic (exact) mass is 434 g/mol. The summed E-state index contributed by atoms with van der Waals surface area (Å²) >= 11 is 1.46. The Hall–Kier alpha value is -3.28. The topological polar surface area (TPSA) is 108 Å². The summed E-state index contributed by atoms with van der Waals surface area (Å²) < 4.78 is 5.70. The van der Waals surface area contributed by atoms with Gasteiger partial charge < -0.3 is 15.2 Å². The number of nitrogens with zero attached hydrogens (tertiary/aromatic N) is 3. The highest BCUT2D eigenvalue weighted by Crippen LogP contribution is 2.40. The molecule has 1 aliphatic carbocycles. The third kappa shape index (κ3) is 4.29. The van der Waals surface area contributed by atoms with E-state index in [1.165, 1.54) is 11.3 Å². The lowest BCUT2D eigenvalue weighted by molar-refractivity contribution is -0.124. The van der Waals surface area contributed by atoms with Crippen molar-refractivity contribution >= 4 is 17.2 Å². The molecule has 1 heterocycles. The van der Waals surface area contributed by atoms with Crippen LogP contribution in [0, 0.1) is 11.3 Å². The van der Waals surface area contributed by atoms with E-state index in [4.69, 9.17) is 9.84 Å². The summed E-state index contributed by atoms with van der Waals surface area (Å²) in [6, 6.07) is 13.5. The zero-order valence-electron chi connectivity index (χ0n) is 17.3. The number of nitriles is 1. The Labute approximate surface area is 184 Å². The normalized spacial score (nSPS) is 14.9. The van der Waals surface area contributed by atoms with Crippen LogP contribution in [0.1, 0.15) is 43.0 Å². The van der Waals surface area contributed by atoms with Gasteiger partial charge in [0.2, 0.25) is 5.91 Å². The molecule has 0 bridgehead atoms. The molecular formula is C23H22N4O3S. The molecule has 2 aromatic carbocycles. The summed E-state index contributed by atoms with van der Waals surface area (Å²) in [4.78, 5) is 11.6. The molecule has 158 valence electrons. The van der Waals surface area contributed by atoms with Crippen molar-refractivity contribution in [2.45, 2.75) is 38.8 Å². The second kappa shape index (κ2) is 8.84. The zero-order valence-corrected chi connectivity index (χ0v) is 18.1. The Bertz CT molecular complexity index is 1170. The predicted octanol–water partition coefficient (Wildman–Crippen LogP) is 3.63. The second-order valence-corrected chi connectivity index (χ2v) is 8.57. The van der Waals surface area contributed by atoms with Crippen LogP contribution in [0.2, 0.25) is 0 Å². The van der Waals surface area contributed by atoms with Gasteiger partial charge in [-0.1, -0.05) is 29.5 Å². The maximum Gasteiger partial charge on any atom is 0.246 e. The molecule has 1 aromatic heterocycles. The molecule has 4 rings (SSSR count). The summed E-state index contributed by atoms with van der Waals surface area (Å²) in [5.74, 6) is 0.183. The summed E-state index contributed by atoms with van der Waals surface area (Å²) in [5.41, 5.74) is 4.48. The molecule has 7 nitrogen and oxygen atoms in total. The van der Waals surface area contributed by atoms with Crippen molar-refractivity contribution in [1.82, 2.24) is 15.5 Å². The Morgan fingerprint density at radius 2 is 2.13 bits per heavy atom. The van der Waals surface area contributed by atoms with E-state index in [1.54, 1.807) is 12.1 Å². The fourth-order valence-electron chi connectivity index (χ4n) is 3.80. The van der Waals surface area contributed by atoms with E-state index >= 15 is 0 Å². The van der Waals surface area contributed by atoms with Crippen LogP contribution in [-0.2, 0) is 11.2 Å². The SMILES string of the molecule is CC(C)Oc1ccc(-c2nnc(-c3cccc4c3CC[C@@H]4NC(=O)CO)s2)cc1C#N. The van der Waals surface area contributed by atoms with Gasteiger partial charge >= 0.3 is 0 Å². The van der Waals surface area contributed by atoms with Crippen LogP contribution >= 0.6 is 11.3 Å². The van der Waals surface area contributed by atoms with Crippen LogP contribution in [-0.4, -0.2) is 33.9 Å².